The zero-order valence-corrected chi connectivity index (χ0v) is 28.2. The fourth-order valence-electron chi connectivity index (χ4n) is 2.68. The summed E-state index contributed by atoms with van der Waals surface area (Å²) in [6.07, 6.45) is 0. The molecule has 0 unspecified atom stereocenters. The fourth-order valence-corrected chi connectivity index (χ4v) is 4.49. The maximum absolute atomic E-state index is 5.33. The molecule has 0 aliphatic carbocycles. The van der Waals surface area contributed by atoms with Gasteiger partial charge in [0.2, 0.25) is 0 Å². The molecular weight excluding hydrogens is 510 g/mol. The van der Waals surface area contributed by atoms with Gasteiger partial charge in [0.1, 0.15) is 14.1 Å². The number of aromatic nitrogens is 1. The van der Waals surface area contributed by atoms with Crippen LogP contribution in [0, 0.1) is 0 Å². The molecule has 198 valence electrons. The molecule has 35 heavy (non-hydrogen) atoms. The van der Waals surface area contributed by atoms with Crippen LogP contribution in [0.5, 0.6) is 0 Å². The first-order valence-electron chi connectivity index (χ1n) is 12.2. The number of nitrogens with one attached hydrogen (secondary N) is 2. The number of anilines is 1. The largest absolute Gasteiger partial charge is 1.00 e. The molecule has 1 aliphatic rings. The van der Waals surface area contributed by atoms with E-state index < -0.39 is 16.5 Å². The SMILES string of the molecule is C1COCCOCCOCCOCCOCCO1.C[Si](C)(C)[N-]c1cccc(N[Si](C)(C)C)[nH+]1.[K+]. The normalized spacial score (nSPS) is 18.0. The zero-order chi connectivity index (χ0) is 25.1. The standard InChI is InChI=1S/C12H24O6.C11H22N3Si2.K/c1-2-14-5-6-16-9-10-18-12-11-17-8-7-15-4-3-13-1;1-15(2,3)13-10-8-7-9-11(12-10)14-16(4,5)6;/h1-12H2;7-9H,1-6H3,(H-,12,13,14);/q;-1;+1/p+1. The Labute approximate surface area is 257 Å². The number of ether oxygens (including phenoxy) is 6. The van der Waals surface area contributed by atoms with Crippen molar-refractivity contribution in [3.63, 3.8) is 0 Å². The van der Waals surface area contributed by atoms with Crippen LogP contribution in [0.4, 0.5) is 11.6 Å². The molecule has 1 aliphatic heterocycles. The number of hydrogen-bond donors (Lipinski definition) is 1. The molecular formula is C23H47KN3O6Si2+. The van der Waals surface area contributed by atoms with Gasteiger partial charge < -0.3 is 43.4 Å². The van der Waals surface area contributed by atoms with Gasteiger partial charge in [-0.05, 0) is 31.8 Å². The molecule has 0 atom stereocenters. The van der Waals surface area contributed by atoms with Crippen molar-refractivity contribution in [2.24, 2.45) is 0 Å². The van der Waals surface area contributed by atoms with Crippen LogP contribution in [0.1, 0.15) is 0 Å². The predicted octanol–water partition coefficient (Wildman–Crippen LogP) is 0.691. The van der Waals surface area contributed by atoms with Crippen LogP contribution >= 0.6 is 0 Å². The minimum Gasteiger partial charge on any atom is -0.397 e. The van der Waals surface area contributed by atoms with Gasteiger partial charge in [-0.15, -0.1) is 0 Å². The first-order chi connectivity index (χ1) is 16.2. The smallest absolute Gasteiger partial charge is 0.397 e. The van der Waals surface area contributed by atoms with Crippen LogP contribution in [-0.2, 0) is 28.4 Å². The van der Waals surface area contributed by atoms with E-state index in [0.29, 0.717) is 79.3 Å². The topological polar surface area (TPSA) is 95.7 Å². The summed E-state index contributed by atoms with van der Waals surface area (Å²) < 4.78 is 32.0. The maximum atomic E-state index is 5.33. The van der Waals surface area contributed by atoms with E-state index in [-0.39, 0.29) is 51.4 Å². The van der Waals surface area contributed by atoms with E-state index in [1.54, 1.807) is 0 Å². The summed E-state index contributed by atoms with van der Waals surface area (Å²) in [7, 11) is -2.69. The van der Waals surface area contributed by atoms with Crippen molar-refractivity contribution in [2.45, 2.75) is 39.3 Å². The van der Waals surface area contributed by atoms with Crippen LogP contribution in [-0.4, -0.2) is 95.8 Å². The number of rotatable bonds is 4. The number of pyridine rings is 1. The second-order valence-electron chi connectivity index (χ2n) is 9.78. The first-order valence-corrected chi connectivity index (χ1v) is 19.1. The molecule has 2 heterocycles. The van der Waals surface area contributed by atoms with E-state index in [4.69, 9.17) is 33.4 Å². The minimum atomic E-state index is -1.40. The molecule has 0 radical (unpaired) electrons. The van der Waals surface area contributed by atoms with Gasteiger partial charge in [-0.1, -0.05) is 25.7 Å². The van der Waals surface area contributed by atoms with Gasteiger partial charge in [-0.25, -0.2) is 0 Å². The molecule has 9 nitrogen and oxygen atoms in total. The average Bonchev–Trinajstić information content (AvgIpc) is 2.72. The molecule has 0 spiro atoms. The van der Waals surface area contributed by atoms with Crippen LogP contribution in [0.15, 0.2) is 18.2 Å². The molecule has 1 fully saturated rings. The van der Waals surface area contributed by atoms with Gasteiger partial charge in [-0.2, -0.15) is 0 Å². The minimum absolute atomic E-state index is 0. The van der Waals surface area contributed by atoms with Gasteiger partial charge in [0, 0.05) is 0 Å². The van der Waals surface area contributed by atoms with Gasteiger partial charge in [0.25, 0.3) is 0 Å². The molecule has 0 amide bonds. The summed E-state index contributed by atoms with van der Waals surface area (Å²) >= 11 is 0. The summed E-state index contributed by atoms with van der Waals surface area (Å²) in [6.45, 7) is 20.6. The van der Waals surface area contributed by atoms with Crippen molar-refractivity contribution >= 4 is 28.1 Å². The van der Waals surface area contributed by atoms with Crippen molar-refractivity contribution in [3.05, 3.63) is 23.2 Å². The Balaban J connectivity index is 0.000000646. The Bertz CT molecular complexity index is 530. The van der Waals surface area contributed by atoms with Crippen LogP contribution in [0.3, 0.4) is 0 Å². The van der Waals surface area contributed by atoms with E-state index in [1.165, 1.54) is 0 Å². The van der Waals surface area contributed by atoms with Gasteiger partial charge >= 0.3 is 51.4 Å². The van der Waals surface area contributed by atoms with Crippen LogP contribution < -0.4 is 61.4 Å². The Morgan fingerprint density at radius 2 is 0.971 bits per heavy atom. The summed E-state index contributed by atoms with van der Waals surface area (Å²) in [4.78, 5) is 11.6. The summed E-state index contributed by atoms with van der Waals surface area (Å²) in [5, 5.41) is 0. The first kappa shape index (κ1) is 35.6. The summed E-state index contributed by atoms with van der Waals surface area (Å²) in [6, 6.07) is 6.16. The van der Waals surface area contributed by atoms with Gasteiger partial charge in [-0.3, -0.25) is 0 Å². The number of hydrogen-bond acceptors (Lipinski definition) is 7. The molecule has 2 N–H and O–H groups in total. The van der Waals surface area contributed by atoms with E-state index in [2.05, 4.69) is 61.4 Å². The molecule has 1 aromatic heterocycles. The van der Waals surface area contributed by atoms with E-state index in [9.17, 15) is 0 Å². The van der Waals surface area contributed by atoms with Crippen molar-refractivity contribution in [1.82, 2.24) is 0 Å². The zero-order valence-electron chi connectivity index (χ0n) is 23.1. The van der Waals surface area contributed by atoms with E-state index in [0.717, 1.165) is 11.6 Å². The van der Waals surface area contributed by atoms with Crippen molar-refractivity contribution in [1.29, 1.82) is 0 Å². The number of nitrogens with zero attached hydrogens (tertiary/aromatic N) is 1. The third-order valence-corrected chi connectivity index (χ3v) is 5.91. The van der Waals surface area contributed by atoms with Crippen molar-refractivity contribution < 1.29 is 84.8 Å². The number of aromatic amines is 1. The molecule has 0 bridgehead atoms. The second-order valence-corrected chi connectivity index (χ2v) is 19.1. The predicted molar refractivity (Wildman–Crippen MR) is 141 cm³/mol. The molecule has 1 saturated heterocycles. The summed E-state index contributed by atoms with van der Waals surface area (Å²) in [5.41, 5.74) is 0. The van der Waals surface area contributed by atoms with Gasteiger partial charge in [0.05, 0.1) is 85.1 Å². The molecule has 0 saturated carbocycles. The average molecular weight is 557 g/mol. The second kappa shape index (κ2) is 21.5. The van der Waals surface area contributed by atoms with Crippen LogP contribution in [0.25, 0.3) is 4.98 Å². The molecule has 0 aromatic carbocycles. The third-order valence-electron chi connectivity index (χ3n) is 3.98. The Morgan fingerprint density at radius 3 is 1.26 bits per heavy atom. The van der Waals surface area contributed by atoms with Crippen molar-refractivity contribution in [2.75, 3.05) is 84.3 Å². The number of H-pyrrole nitrogens is 1. The maximum Gasteiger partial charge on any atom is 1.00 e. The molecule has 1 aromatic rings. The quantitative estimate of drug-likeness (QED) is 0.545. The molecule has 12 heteroatoms. The molecule has 2 rings (SSSR count). The Hall–Kier alpha value is 0.580. The van der Waals surface area contributed by atoms with E-state index in [1.807, 2.05) is 6.07 Å². The summed E-state index contributed by atoms with van der Waals surface area (Å²) in [5.74, 6) is 2.07. The fraction of sp³-hybridized carbons (Fsp3) is 0.783. The Morgan fingerprint density at radius 1 is 0.629 bits per heavy atom. The van der Waals surface area contributed by atoms with Gasteiger partial charge in [0.15, 0.2) is 8.24 Å². The van der Waals surface area contributed by atoms with Crippen molar-refractivity contribution in [3.8, 4) is 0 Å². The van der Waals surface area contributed by atoms with Crippen LogP contribution in [0.2, 0.25) is 39.3 Å². The monoisotopic (exact) mass is 556 g/mol. The van der Waals surface area contributed by atoms with E-state index >= 15 is 0 Å². The third kappa shape index (κ3) is 24.7. The Kier molecular flexibility index (Phi) is 21.9.